The number of nitrogens with zero attached hydrogens (tertiary/aromatic N) is 1. The van der Waals surface area contributed by atoms with Crippen LogP contribution in [0.15, 0.2) is 12.1 Å². The highest BCUT2D eigenvalue weighted by Gasteiger charge is 2.19. The Morgan fingerprint density at radius 2 is 2.00 bits per heavy atom. The number of aryl methyl sites for hydroxylation is 2. The van der Waals surface area contributed by atoms with Crippen LogP contribution in [0.5, 0.6) is 5.75 Å². The molecule has 2 rings (SSSR count). The van der Waals surface area contributed by atoms with E-state index in [1.165, 1.54) is 5.56 Å². The van der Waals surface area contributed by atoms with Crippen molar-refractivity contribution in [2.45, 2.75) is 19.9 Å². The number of benzene rings is 1. The normalized spacial score (nSPS) is 18.3. The van der Waals surface area contributed by atoms with Crippen molar-refractivity contribution in [1.82, 2.24) is 10.2 Å². The smallest absolute Gasteiger partial charge is 0.126 e. The van der Waals surface area contributed by atoms with Gasteiger partial charge in [-0.25, -0.2) is 0 Å². The van der Waals surface area contributed by atoms with E-state index in [1.807, 2.05) is 0 Å². The Hall–Kier alpha value is -1.10. The number of nitrogens with two attached hydrogens (primary N) is 1. The van der Waals surface area contributed by atoms with E-state index in [4.69, 9.17) is 10.5 Å². The lowest BCUT2D eigenvalue weighted by Gasteiger charge is -2.30. The van der Waals surface area contributed by atoms with Gasteiger partial charge in [0.15, 0.2) is 0 Å². The molecule has 0 radical (unpaired) electrons. The molecule has 0 aromatic heterocycles. The van der Waals surface area contributed by atoms with Gasteiger partial charge in [-0.15, -0.1) is 0 Å². The summed E-state index contributed by atoms with van der Waals surface area (Å²) < 4.78 is 5.53. The highest BCUT2D eigenvalue weighted by atomic mass is 16.5. The molecule has 4 nitrogen and oxygen atoms in total. The van der Waals surface area contributed by atoms with E-state index < -0.39 is 0 Å². The minimum atomic E-state index is 0.00616. The Morgan fingerprint density at radius 3 is 2.63 bits per heavy atom. The van der Waals surface area contributed by atoms with Gasteiger partial charge in [0.25, 0.3) is 0 Å². The second-order valence-electron chi connectivity index (χ2n) is 5.36. The molecule has 4 heteroatoms. The standard InChI is InChI=1S/C15H25N3O/c1-11-8-12(2)15(19-3)13(9-11)14(16)10-18-6-4-17-5-7-18/h8-9,14,17H,4-7,10,16H2,1-3H3. The zero-order valence-corrected chi connectivity index (χ0v) is 12.2. The number of nitrogens with one attached hydrogen (secondary N) is 1. The molecule has 1 aliphatic rings. The first-order chi connectivity index (χ1) is 9.11. The molecule has 1 aromatic carbocycles. The Labute approximate surface area is 115 Å². The molecular weight excluding hydrogens is 238 g/mol. The molecule has 0 aliphatic carbocycles. The summed E-state index contributed by atoms with van der Waals surface area (Å²) in [4.78, 5) is 2.41. The van der Waals surface area contributed by atoms with E-state index in [1.54, 1.807) is 7.11 Å². The first kappa shape index (κ1) is 14.3. The molecule has 0 bridgehead atoms. The highest BCUT2D eigenvalue weighted by molar-refractivity contribution is 5.45. The van der Waals surface area contributed by atoms with Gasteiger partial charge in [-0.1, -0.05) is 17.7 Å². The molecule has 106 valence electrons. The summed E-state index contributed by atoms with van der Waals surface area (Å²) in [6, 6.07) is 4.30. The summed E-state index contributed by atoms with van der Waals surface area (Å²) in [5.41, 5.74) is 9.92. The van der Waals surface area contributed by atoms with E-state index in [2.05, 4.69) is 36.2 Å². The van der Waals surface area contributed by atoms with E-state index >= 15 is 0 Å². The molecule has 1 atom stereocenters. The van der Waals surface area contributed by atoms with Gasteiger partial charge in [0.2, 0.25) is 0 Å². The molecule has 0 saturated carbocycles. The predicted molar refractivity (Wildman–Crippen MR) is 78.7 cm³/mol. The molecule has 1 saturated heterocycles. The van der Waals surface area contributed by atoms with E-state index in [-0.39, 0.29) is 6.04 Å². The Kier molecular flexibility index (Phi) is 4.80. The average Bonchev–Trinajstić information content (AvgIpc) is 2.39. The summed E-state index contributed by atoms with van der Waals surface area (Å²) in [5.74, 6) is 0.938. The van der Waals surface area contributed by atoms with Crippen molar-refractivity contribution in [3.05, 3.63) is 28.8 Å². The van der Waals surface area contributed by atoms with E-state index in [0.717, 1.165) is 49.6 Å². The molecule has 3 N–H and O–H groups in total. The summed E-state index contributed by atoms with van der Waals surface area (Å²) in [7, 11) is 1.72. The Morgan fingerprint density at radius 1 is 1.32 bits per heavy atom. The van der Waals surface area contributed by atoms with Crippen molar-refractivity contribution < 1.29 is 4.74 Å². The van der Waals surface area contributed by atoms with Gasteiger partial charge >= 0.3 is 0 Å². The summed E-state index contributed by atoms with van der Waals surface area (Å²) in [5, 5.41) is 3.36. The molecule has 0 spiro atoms. The van der Waals surface area contributed by atoms with Crippen LogP contribution in [0.25, 0.3) is 0 Å². The third-order valence-electron chi connectivity index (χ3n) is 3.72. The van der Waals surface area contributed by atoms with Crippen LogP contribution in [-0.4, -0.2) is 44.7 Å². The van der Waals surface area contributed by atoms with Gasteiger partial charge in [-0.3, -0.25) is 4.90 Å². The van der Waals surface area contributed by atoms with Crippen LogP contribution >= 0.6 is 0 Å². The molecule has 1 unspecified atom stereocenters. The summed E-state index contributed by atoms with van der Waals surface area (Å²) in [6.07, 6.45) is 0. The third kappa shape index (κ3) is 3.47. The topological polar surface area (TPSA) is 50.5 Å². The molecular formula is C15H25N3O. The monoisotopic (exact) mass is 263 g/mol. The predicted octanol–water partition coefficient (Wildman–Crippen LogP) is 1.22. The minimum Gasteiger partial charge on any atom is -0.496 e. The second-order valence-corrected chi connectivity index (χ2v) is 5.36. The molecule has 1 aromatic rings. The van der Waals surface area contributed by atoms with E-state index in [9.17, 15) is 0 Å². The maximum absolute atomic E-state index is 6.40. The minimum absolute atomic E-state index is 0.00616. The largest absolute Gasteiger partial charge is 0.496 e. The lowest BCUT2D eigenvalue weighted by molar-refractivity contribution is 0.226. The first-order valence-electron chi connectivity index (χ1n) is 6.95. The van der Waals surface area contributed by atoms with Gasteiger partial charge in [0.1, 0.15) is 5.75 Å². The van der Waals surface area contributed by atoms with Crippen molar-refractivity contribution >= 4 is 0 Å². The fourth-order valence-corrected chi connectivity index (χ4v) is 2.81. The van der Waals surface area contributed by atoms with E-state index in [0.29, 0.717) is 0 Å². The average molecular weight is 263 g/mol. The number of hydrogen-bond acceptors (Lipinski definition) is 4. The zero-order valence-electron chi connectivity index (χ0n) is 12.2. The van der Waals surface area contributed by atoms with Gasteiger partial charge in [0.05, 0.1) is 7.11 Å². The molecule has 0 amide bonds. The highest BCUT2D eigenvalue weighted by Crippen LogP contribution is 2.29. The quantitative estimate of drug-likeness (QED) is 0.857. The maximum atomic E-state index is 6.40. The summed E-state index contributed by atoms with van der Waals surface area (Å²) >= 11 is 0. The number of piperazine rings is 1. The van der Waals surface area contributed by atoms with Crippen LogP contribution in [-0.2, 0) is 0 Å². The second kappa shape index (κ2) is 6.37. The van der Waals surface area contributed by atoms with Gasteiger partial charge in [0, 0.05) is 44.3 Å². The van der Waals surface area contributed by atoms with Gasteiger partial charge in [-0.2, -0.15) is 0 Å². The number of rotatable bonds is 4. The van der Waals surface area contributed by atoms with Gasteiger partial charge < -0.3 is 15.8 Å². The van der Waals surface area contributed by atoms with Crippen LogP contribution < -0.4 is 15.8 Å². The number of methoxy groups -OCH3 is 1. The van der Waals surface area contributed by atoms with Crippen LogP contribution in [0.1, 0.15) is 22.7 Å². The van der Waals surface area contributed by atoms with Crippen molar-refractivity contribution in [2.75, 3.05) is 39.8 Å². The molecule has 19 heavy (non-hydrogen) atoms. The fourth-order valence-electron chi connectivity index (χ4n) is 2.81. The lowest BCUT2D eigenvalue weighted by Crippen LogP contribution is -2.46. The number of ether oxygens (including phenoxy) is 1. The maximum Gasteiger partial charge on any atom is 0.126 e. The van der Waals surface area contributed by atoms with Crippen molar-refractivity contribution in [3.63, 3.8) is 0 Å². The Bertz CT molecular complexity index is 428. The zero-order chi connectivity index (χ0) is 13.8. The molecule has 1 aliphatic heterocycles. The summed E-state index contributed by atoms with van der Waals surface area (Å²) in [6.45, 7) is 9.32. The first-order valence-corrected chi connectivity index (χ1v) is 6.95. The molecule has 1 fully saturated rings. The van der Waals surface area contributed by atoms with Crippen LogP contribution in [0, 0.1) is 13.8 Å². The van der Waals surface area contributed by atoms with Crippen LogP contribution in [0.2, 0.25) is 0 Å². The lowest BCUT2D eigenvalue weighted by atomic mass is 9.99. The third-order valence-corrected chi connectivity index (χ3v) is 3.72. The fraction of sp³-hybridized carbons (Fsp3) is 0.600. The van der Waals surface area contributed by atoms with Crippen molar-refractivity contribution in [1.29, 1.82) is 0 Å². The van der Waals surface area contributed by atoms with Crippen LogP contribution in [0.3, 0.4) is 0 Å². The SMILES string of the molecule is COc1c(C)cc(C)cc1C(N)CN1CCNCC1. The molecule has 1 heterocycles. The number of hydrogen-bond donors (Lipinski definition) is 2. The van der Waals surface area contributed by atoms with Crippen molar-refractivity contribution in [2.24, 2.45) is 5.73 Å². The Balaban J connectivity index is 2.15. The van der Waals surface area contributed by atoms with Crippen molar-refractivity contribution in [3.8, 4) is 5.75 Å². The van der Waals surface area contributed by atoms with Gasteiger partial charge in [-0.05, 0) is 19.4 Å². The van der Waals surface area contributed by atoms with Crippen LogP contribution in [0.4, 0.5) is 0 Å².